The number of hydrogen-bond acceptors (Lipinski definition) is 0. The van der Waals surface area contributed by atoms with Gasteiger partial charge in [0.2, 0.25) is 0 Å². The smallest absolute Gasteiger partial charge is 0.366 e. The molecular formula is C80H62Au2P2+2. The summed E-state index contributed by atoms with van der Waals surface area (Å²) in [6.07, 6.45) is 25.7. The average molecular weight is 1480 g/mol. The van der Waals surface area contributed by atoms with Crippen LogP contribution in [0.25, 0.3) is 22.3 Å². The number of benzene rings is 11. The van der Waals surface area contributed by atoms with E-state index in [-0.39, 0.29) is 55.6 Å². The molecule has 0 amide bonds. The Labute approximate surface area is 531 Å². The summed E-state index contributed by atoms with van der Waals surface area (Å²) in [6.45, 7) is 3.75. The molecule has 0 saturated carbocycles. The Morgan fingerprint density at radius 3 is 1.01 bits per heavy atom. The summed E-state index contributed by atoms with van der Waals surface area (Å²) in [5, 5.41) is 4.49. The second kappa shape index (κ2) is 29.1. The molecule has 0 aliphatic heterocycles. The summed E-state index contributed by atoms with van der Waals surface area (Å²) >= 11 is 0. The molecule has 13 rings (SSSR count). The maximum absolute atomic E-state index is 7.57. The minimum atomic E-state index is -0.779. The summed E-state index contributed by atoms with van der Waals surface area (Å²) in [5.41, 5.74) is 15.9. The Morgan fingerprint density at radius 2 is 0.655 bits per heavy atom. The number of rotatable bonds is 13. The fraction of sp³-hybridized carbons (Fsp3) is 0.0500. The predicted octanol–water partition coefficient (Wildman–Crippen LogP) is 17.6. The maximum Gasteiger partial charge on any atom is 1.00 e. The molecule has 84 heavy (non-hydrogen) atoms. The van der Waals surface area contributed by atoms with Gasteiger partial charge in [-0.05, 0) is 109 Å². The summed E-state index contributed by atoms with van der Waals surface area (Å²) in [4.78, 5) is 0. The van der Waals surface area contributed by atoms with Crippen LogP contribution in [0.1, 0.15) is 55.6 Å². The van der Waals surface area contributed by atoms with Gasteiger partial charge in [0.05, 0.1) is 48.4 Å². The van der Waals surface area contributed by atoms with Crippen molar-refractivity contribution >= 4 is 31.8 Å². The van der Waals surface area contributed by atoms with Crippen molar-refractivity contribution in [2.75, 3.05) is 12.3 Å². The van der Waals surface area contributed by atoms with E-state index in [4.69, 9.17) is 12.8 Å². The molecule has 0 spiro atoms. The van der Waals surface area contributed by atoms with Gasteiger partial charge in [-0.1, -0.05) is 261 Å². The first-order chi connectivity index (χ1) is 40.6. The normalized spacial score (nSPS) is 12.8. The van der Waals surface area contributed by atoms with Gasteiger partial charge in [-0.15, -0.1) is 35.4 Å². The molecule has 412 valence electrons. The Kier molecular flexibility index (Phi) is 21.0. The van der Waals surface area contributed by atoms with Crippen LogP contribution in [0.15, 0.2) is 334 Å². The van der Waals surface area contributed by atoms with E-state index in [9.17, 15) is 0 Å². The monoisotopic (exact) mass is 1480 g/mol. The zero-order valence-electron chi connectivity index (χ0n) is 46.4. The Morgan fingerprint density at radius 1 is 0.333 bits per heavy atom. The first-order valence-electron chi connectivity index (χ1n) is 28.0. The van der Waals surface area contributed by atoms with Gasteiger partial charge in [-0.3, -0.25) is 11.8 Å². The van der Waals surface area contributed by atoms with Crippen molar-refractivity contribution in [1.82, 2.24) is 0 Å². The van der Waals surface area contributed by atoms with Gasteiger partial charge in [0.1, 0.15) is 12.3 Å². The molecule has 0 heterocycles. The second-order valence-corrected chi connectivity index (χ2v) is 25.5. The number of hydrogen-bond donors (Lipinski definition) is 0. The average Bonchev–Trinajstić information content (AvgIpc) is 1.60. The quantitative estimate of drug-likeness (QED) is 0.0355. The van der Waals surface area contributed by atoms with Gasteiger partial charge < -0.3 is 12.8 Å². The van der Waals surface area contributed by atoms with E-state index in [1.54, 1.807) is 0 Å². The van der Waals surface area contributed by atoms with E-state index in [0.717, 1.165) is 11.1 Å². The molecule has 0 saturated heterocycles. The van der Waals surface area contributed by atoms with Gasteiger partial charge in [-0.25, -0.2) is 0 Å². The summed E-state index contributed by atoms with van der Waals surface area (Å²) < 4.78 is 0. The van der Waals surface area contributed by atoms with E-state index >= 15 is 0 Å². The van der Waals surface area contributed by atoms with Crippen molar-refractivity contribution < 1.29 is 44.8 Å². The Hall–Kier alpha value is -7.90. The predicted molar refractivity (Wildman–Crippen MR) is 353 cm³/mol. The van der Waals surface area contributed by atoms with Crippen LogP contribution < -0.4 is 15.9 Å². The third-order valence-corrected chi connectivity index (χ3v) is 21.7. The molecule has 2 aliphatic rings. The van der Waals surface area contributed by atoms with Crippen molar-refractivity contribution in [1.29, 1.82) is 0 Å². The maximum atomic E-state index is 7.57. The van der Waals surface area contributed by atoms with Gasteiger partial charge in [-0.2, -0.15) is 0 Å². The Balaban J connectivity index is 0.000000149. The fourth-order valence-electron chi connectivity index (χ4n) is 12.3. The first kappa shape index (κ1) is 60.7. The number of allylic oxidation sites excluding steroid dienone is 4. The molecule has 11 aromatic carbocycles. The third kappa shape index (κ3) is 12.3. The summed E-state index contributed by atoms with van der Waals surface area (Å²) in [7, 11) is -1.53. The summed E-state index contributed by atoms with van der Waals surface area (Å²) in [6, 6.07) is 106. The molecule has 4 heteroatoms. The second-order valence-electron chi connectivity index (χ2n) is 20.4. The summed E-state index contributed by atoms with van der Waals surface area (Å²) in [5.74, 6) is 7.51. The van der Waals surface area contributed by atoms with Crippen LogP contribution >= 0.6 is 15.8 Å². The number of fused-ring (bicyclic) bond motifs is 6. The molecule has 0 aromatic heterocycles. The topological polar surface area (TPSA) is 0 Å². The van der Waals surface area contributed by atoms with Crippen molar-refractivity contribution in [2.24, 2.45) is 0 Å². The SMILES string of the molecule is C=C/C=C\C=C\[PH+](CC[PH+](c1ccccc1)c1ccccc1)c1ccccc1.[Au+].[Au+].[C-]#Cc1ccc2c(c1)-c1ccccc1C2(c1ccccc1)c1ccccc1.[C-]#Cc1ccc2c(c1)-c1ccccc1C2(c1ccccc1)c1ccccc1. The van der Waals surface area contributed by atoms with Crippen molar-refractivity contribution in [3.05, 3.63) is 402 Å². The van der Waals surface area contributed by atoms with Gasteiger partial charge in [0.15, 0.2) is 0 Å². The van der Waals surface area contributed by atoms with Crippen LogP contribution in [-0.2, 0) is 55.6 Å². The van der Waals surface area contributed by atoms with E-state index in [1.165, 1.54) is 95.0 Å². The minimum absolute atomic E-state index is 0. The van der Waals surface area contributed by atoms with Gasteiger partial charge in [0, 0.05) is 0 Å². The van der Waals surface area contributed by atoms with Crippen LogP contribution in [0, 0.1) is 24.7 Å². The Bertz CT molecular complexity index is 3760. The molecule has 0 nitrogen and oxygen atoms in total. The van der Waals surface area contributed by atoms with Crippen LogP contribution in [0.5, 0.6) is 0 Å². The standard InChI is InChI=1S/2C27H17.C26H26P2.2Au/c2*1-2-20-17-18-26-24(19-20)23-15-9-10-16-25(23)27(26,21-11-5-3-6-12-21)22-13-7-4-8-14-22;1-2-3-4-14-21-27(24-15-8-5-9-16-24)22-23-28(25-17-10-6-11-18-25)26-19-12-7-13-20-26;;/h2*3-19H;2-21H,1,22-23H2;;/q2*-1;;2*+1/p+2/b;;4-3-,21-14+;;. The molecule has 1 unspecified atom stereocenters. The molecule has 0 radical (unpaired) electrons. The zero-order chi connectivity index (χ0) is 56.0. The third-order valence-electron chi connectivity index (χ3n) is 15.9. The van der Waals surface area contributed by atoms with E-state index < -0.39 is 15.8 Å². The first-order valence-corrected chi connectivity index (χ1v) is 31.5. The molecule has 0 N–H and O–H groups in total. The zero-order valence-corrected chi connectivity index (χ0v) is 52.7. The van der Waals surface area contributed by atoms with Crippen molar-refractivity contribution in [2.45, 2.75) is 10.8 Å². The van der Waals surface area contributed by atoms with Gasteiger partial charge >= 0.3 is 44.8 Å². The van der Waals surface area contributed by atoms with Crippen LogP contribution in [0.3, 0.4) is 0 Å². The van der Waals surface area contributed by atoms with E-state index in [0.29, 0.717) is 0 Å². The van der Waals surface area contributed by atoms with Gasteiger partial charge in [0.25, 0.3) is 0 Å². The molecule has 0 bridgehead atoms. The fourth-order valence-corrected chi connectivity index (χ4v) is 18.1. The van der Waals surface area contributed by atoms with Crippen LogP contribution in [-0.4, -0.2) is 12.3 Å². The van der Waals surface area contributed by atoms with Crippen molar-refractivity contribution in [3.8, 4) is 34.1 Å². The van der Waals surface area contributed by atoms with Crippen LogP contribution in [0.2, 0.25) is 0 Å². The molecular weight excluding hydrogens is 1420 g/mol. The molecule has 0 fully saturated rings. The largest absolute Gasteiger partial charge is 1.00 e. The van der Waals surface area contributed by atoms with E-state index in [2.05, 4.69) is 322 Å². The van der Waals surface area contributed by atoms with Crippen LogP contribution in [0.4, 0.5) is 0 Å². The molecule has 2 aliphatic carbocycles. The molecule has 1 atom stereocenters. The molecule has 11 aromatic rings. The van der Waals surface area contributed by atoms with E-state index in [1.807, 2.05) is 24.3 Å². The van der Waals surface area contributed by atoms with Crippen molar-refractivity contribution in [3.63, 3.8) is 0 Å². The minimum Gasteiger partial charge on any atom is -0.366 e.